The van der Waals surface area contributed by atoms with Gasteiger partial charge in [-0.1, -0.05) is 6.07 Å². The molecule has 3 N–H and O–H groups in total. The number of carbonyl (C=O) groups is 1. The molecule has 23 heavy (non-hydrogen) atoms. The number of carbonyl (C=O) groups excluding carboxylic acids is 1. The molecule has 1 saturated heterocycles. The highest BCUT2D eigenvalue weighted by Crippen LogP contribution is 2.25. The highest BCUT2D eigenvalue weighted by molar-refractivity contribution is 5.93. The van der Waals surface area contributed by atoms with Crippen molar-refractivity contribution in [1.82, 2.24) is 0 Å². The number of nitrogens with two attached hydrogens (primary N) is 1. The van der Waals surface area contributed by atoms with Gasteiger partial charge in [0.1, 0.15) is 11.5 Å². The Bertz CT molecular complexity index is 685. The van der Waals surface area contributed by atoms with Gasteiger partial charge in [0, 0.05) is 17.9 Å². The Morgan fingerprint density at radius 1 is 1.22 bits per heavy atom. The van der Waals surface area contributed by atoms with E-state index >= 15 is 0 Å². The minimum absolute atomic E-state index is 0.225. The van der Waals surface area contributed by atoms with Crippen LogP contribution in [0, 0.1) is 0 Å². The number of ether oxygens (including phenoxy) is 2. The summed E-state index contributed by atoms with van der Waals surface area (Å²) in [6.45, 7) is 2.88. The molecule has 2 aromatic carbocycles. The number of anilines is 1. The van der Waals surface area contributed by atoms with E-state index < -0.39 is 5.91 Å². The molecule has 0 bridgehead atoms. The van der Waals surface area contributed by atoms with E-state index in [0.717, 1.165) is 18.7 Å². The van der Waals surface area contributed by atoms with Gasteiger partial charge in [-0.25, -0.2) is 0 Å². The van der Waals surface area contributed by atoms with Crippen LogP contribution in [0.1, 0.15) is 23.7 Å². The number of amides is 1. The quantitative estimate of drug-likeness (QED) is 0.889. The van der Waals surface area contributed by atoms with Crippen molar-refractivity contribution in [3.63, 3.8) is 0 Å². The molecule has 0 aromatic heterocycles. The third-order valence-corrected chi connectivity index (χ3v) is 3.94. The molecule has 2 unspecified atom stereocenters. The Labute approximate surface area is 135 Å². The first kappa shape index (κ1) is 15.4. The van der Waals surface area contributed by atoms with Gasteiger partial charge in [0.05, 0.1) is 12.1 Å². The van der Waals surface area contributed by atoms with Gasteiger partial charge in [-0.3, -0.25) is 4.79 Å². The van der Waals surface area contributed by atoms with Crippen LogP contribution in [0.4, 0.5) is 5.69 Å². The molecule has 120 valence electrons. The SMILES string of the molecule is CC1OCCC1Nc1ccc(Oc2cccc(C(N)=O)c2)cc1. The summed E-state index contributed by atoms with van der Waals surface area (Å²) in [5.74, 6) is 0.815. The molecule has 2 aromatic rings. The average molecular weight is 312 g/mol. The zero-order valence-corrected chi connectivity index (χ0v) is 13.0. The van der Waals surface area contributed by atoms with E-state index in [0.29, 0.717) is 23.1 Å². The van der Waals surface area contributed by atoms with E-state index in [2.05, 4.69) is 12.2 Å². The van der Waals surface area contributed by atoms with Crippen molar-refractivity contribution in [3.05, 3.63) is 54.1 Å². The second-order valence-corrected chi connectivity index (χ2v) is 5.63. The van der Waals surface area contributed by atoms with Crippen molar-refractivity contribution in [3.8, 4) is 11.5 Å². The minimum atomic E-state index is -0.470. The number of benzene rings is 2. The lowest BCUT2D eigenvalue weighted by Crippen LogP contribution is -2.26. The van der Waals surface area contributed by atoms with Gasteiger partial charge in [-0.2, -0.15) is 0 Å². The first-order valence-corrected chi connectivity index (χ1v) is 7.68. The Morgan fingerprint density at radius 3 is 2.65 bits per heavy atom. The van der Waals surface area contributed by atoms with Crippen molar-refractivity contribution >= 4 is 11.6 Å². The molecular formula is C18H20N2O3. The van der Waals surface area contributed by atoms with Crippen molar-refractivity contribution in [2.24, 2.45) is 5.73 Å². The molecule has 5 heteroatoms. The van der Waals surface area contributed by atoms with Crippen LogP contribution in [0.2, 0.25) is 0 Å². The van der Waals surface area contributed by atoms with Gasteiger partial charge >= 0.3 is 0 Å². The lowest BCUT2D eigenvalue weighted by molar-refractivity contribution is 0.1000. The summed E-state index contributed by atoms with van der Waals surface area (Å²) >= 11 is 0. The number of primary amides is 1. The molecular weight excluding hydrogens is 292 g/mol. The van der Waals surface area contributed by atoms with E-state index in [1.807, 2.05) is 24.3 Å². The van der Waals surface area contributed by atoms with Crippen molar-refractivity contribution in [1.29, 1.82) is 0 Å². The van der Waals surface area contributed by atoms with Gasteiger partial charge < -0.3 is 20.5 Å². The molecule has 0 radical (unpaired) electrons. The highest BCUT2D eigenvalue weighted by Gasteiger charge is 2.23. The standard InChI is InChI=1S/C18H20N2O3/c1-12-17(9-10-22-12)20-14-5-7-15(8-6-14)23-16-4-2-3-13(11-16)18(19)21/h2-8,11-12,17,20H,9-10H2,1H3,(H2,19,21). The molecule has 1 aliphatic rings. The van der Waals surface area contributed by atoms with Crippen LogP contribution in [0.3, 0.4) is 0 Å². The molecule has 1 aliphatic heterocycles. The van der Waals surface area contributed by atoms with Crippen LogP contribution in [-0.2, 0) is 4.74 Å². The lowest BCUT2D eigenvalue weighted by atomic mass is 10.1. The molecule has 0 aliphatic carbocycles. The highest BCUT2D eigenvalue weighted by atomic mass is 16.5. The van der Waals surface area contributed by atoms with Crippen LogP contribution >= 0.6 is 0 Å². The fourth-order valence-corrected chi connectivity index (χ4v) is 2.60. The van der Waals surface area contributed by atoms with E-state index in [-0.39, 0.29) is 6.10 Å². The second-order valence-electron chi connectivity index (χ2n) is 5.63. The molecule has 5 nitrogen and oxygen atoms in total. The summed E-state index contributed by atoms with van der Waals surface area (Å²) in [4.78, 5) is 11.2. The molecule has 0 spiro atoms. The number of rotatable bonds is 5. The largest absolute Gasteiger partial charge is 0.457 e. The zero-order valence-electron chi connectivity index (χ0n) is 13.0. The Balaban J connectivity index is 1.65. The van der Waals surface area contributed by atoms with Crippen molar-refractivity contribution < 1.29 is 14.3 Å². The summed E-state index contributed by atoms with van der Waals surface area (Å²) < 4.78 is 11.3. The second kappa shape index (κ2) is 6.71. The Morgan fingerprint density at radius 2 is 2.00 bits per heavy atom. The predicted molar refractivity (Wildman–Crippen MR) is 88.9 cm³/mol. The summed E-state index contributed by atoms with van der Waals surface area (Å²) in [5, 5.41) is 3.46. The zero-order chi connectivity index (χ0) is 16.2. The monoisotopic (exact) mass is 312 g/mol. The third-order valence-electron chi connectivity index (χ3n) is 3.94. The maximum absolute atomic E-state index is 11.2. The molecule has 1 heterocycles. The van der Waals surface area contributed by atoms with Gasteiger partial charge in [0.15, 0.2) is 0 Å². The van der Waals surface area contributed by atoms with E-state index in [1.165, 1.54) is 0 Å². The fraction of sp³-hybridized carbons (Fsp3) is 0.278. The third kappa shape index (κ3) is 3.81. The topological polar surface area (TPSA) is 73.6 Å². The van der Waals surface area contributed by atoms with Crippen LogP contribution < -0.4 is 15.8 Å². The Hall–Kier alpha value is -2.53. The van der Waals surface area contributed by atoms with Gasteiger partial charge in [-0.15, -0.1) is 0 Å². The maximum atomic E-state index is 11.2. The smallest absolute Gasteiger partial charge is 0.248 e. The van der Waals surface area contributed by atoms with E-state index in [4.69, 9.17) is 15.2 Å². The van der Waals surface area contributed by atoms with Crippen LogP contribution in [0.15, 0.2) is 48.5 Å². The van der Waals surface area contributed by atoms with Gasteiger partial charge in [-0.05, 0) is 55.8 Å². The first-order chi connectivity index (χ1) is 11.1. The normalized spacial score (nSPS) is 20.2. The van der Waals surface area contributed by atoms with Crippen LogP contribution in [-0.4, -0.2) is 24.7 Å². The Kier molecular flexibility index (Phi) is 4.48. The molecule has 3 rings (SSSR count). The van der Waals surface area contributed by atoms with Crippen LogP contribution in [0.25, 0.3) is 0 Å². The summed E-state index contributed by atoms with van der Waals surface area (Å²) in [6.07, 6.45) is 1.24. The van der Waals surface area contributed by atoms with Gasteiger partial charge in [0.25, 0.3) is 0 Å². The van der Waals surface area contributed by atoms with Crippen LogP contribution in [0.5, 0.6) is 11.5 Å². The van der Waals surface area contributed by atoms with Crippen molar-refractivity contribution in [2.75, 3.05) is 11.9 Å². The number of hydrogen-bond donors (Lipinski definition) is 2. The van der Waals surface area contributed by atoms with E-state index in [9.17, 15) is 4.79 Å². The molecule has 1 fully saturated rings. The lowest BCUT2D eigenvalue weighted by Gasteiger charge is -2.17. The summed E-state index contributed by atoms with van der Waals surface area (Å²) in [6, 6.07) is 14.9. The number of hydrogen-bond acceptors (Lipinski definition) is 4. The maximum Gasteiger partial charge on any atom is 0.248 e. The van der Waals surface area contributed by atoms with Gasteiger partial charge in [0.2, 0.25) is 5.91 Å². The minimum Gasteiger partial charge on any atom is -0.457 e. The molecule has 0 saturated carbocycles. The number of nitrogens with one attached hydrogen (secondary N) is 1. The summed E-state index contributed by atoms with van der Waals surface area (Å²) in [7, 11) is 0. The van der Waals surface area contributed by atoms with E-state index in [1.54, 1.807) is 24.3 Å². The fourth-order valence-electron chi connectivity index (χ4n) is 2.60. The summed E-state index contributed by atoms with van der Waals surface area (Å²) in [5.41, 5.74) is 6.73. The molecule has 2 atom stereocenters. The first-order valence-electron chi connectivity index (χ1n) is 7.68. The predicted octanol–water partition coefficient (Wildman–Crippen LogP) is 3.17. The average Bonchev–Trinajstić information content (AvgIpc) is 2.95. The molecule has 1 amide bonds. The van der Waals surface area contributed by atoms with Crippen molar-refractivity contribution in [2.45, 2.75) is 25.5 Å².